The van der Waals surface area contributed by atoms with Gasteiger partial charge < -0.3 is 9.47 Å². The molecule has 0 bridgehead atoms. The van der Waals surface area contributed by atoms with Crippen molar-refractivity contribution < 1.29 is 9.47 Å². The van der Waals surface area contributed by atoms with Crippen LogP contribution in [0.2, 0.25) is 0 Å². The molecule has 1 unspecified atom stereocenters. The van der Waals surface area contributed by atoms with Crippen LogP contribution >= 0.6 is 0 Å². The second-order valence-electron chi connectivity index (χ2n) is 10.0. The molecule has 3 saturated heterocycles. The van der Waals surface area contributed by atoms with Crippen LogP contribution in [0.4, 0.5) is 0 Å². The second-order valence-corrected chi connectivity index (χ2v) is 10.0. The third-order valence-electron chi connectivity index (χ3n) is 8.52. The van der Waals surface area contributed by atoms with Crippen LogP contribution in [-0.4, -0.2) is 49.5 Å². The first-order valence-electron chi connectivity index (χ1n) is 11.6. The van der Waals surface area contributed by atoms with E-state index in [1.54, 1.807) is 11.1 Å². The minimum absolute atomic E-state index is 0.280. The standard InChI is InChI=1S/C25H37NO2/c1-17-13-23(24(19(3)18(17)2)21-7-12-27-15-21)20-5-10-26(11-6-20)22-14-25(28-16-22)8-4-9-25/h13,20-22H,4-12,14-16H2,1-3H3/t21?,22-/m0/s1. The number of benzene rings is 1. The Hall–Kier alpha value is -0.900. The Bertz CT molecular complexity index is 725. The number of rotatable bonds is 3. The molecule has 0 radical (unpaired) electrons. The molecule has 1 aliphatic carbocycles. The van der Waals surface area contributed by atoms with E-state index in [9.17, 15) is 0 Å². The third-order valence-corrected chi connectivity index (χ3v) is 8.52. The maximum absolute atomic E-state index is 6.23. The van der Waals surface area contributed by atoms with Crippen LogP contribution in [0.5, 0.6) is 0 Å². The van der Waals surface area contributed by atoms with Gasteiger partial charge in [0.2, 0.25) is 0 Å². The predicted molar refractivity (Wildman–Crippen MR) is 113 cm³/mol. The van der Waals surface area contributed by atoms with Gasteiger partial charge in [0.1, 0.15) is 0 Å². The summed E-state index contributed by atoms with van der Waals surface area (Å²) in [5.41, 5.74) is 8.04. The largest absolute Gasteiger partial charge is 0.381 e. The van der Waals surface area contributed by atoms with Gasteiger partial charge in [0.25, 0.3) is 0 Å². The average Bonchev–Trinajstić information content (AvgIpc) is 3.36. The van der Waals surface area contributed by atoms with Crippen molar-refractivity contribution >= 4 is 0 Å². The quantitative estimate of drug-likeness (QED) is 0.732. The zero-order valence-electron chi connectivity index (χ0n) is 18.1. The molecule has 28 heavy (non-hydrogen) atoms. The maximum atomic E-state index is 6.23. The minimum atomic E-state index is 0.280. The molecule has 0 N–H and O–H groups in total. The molecule has 5 rings (SSSR count). The molecule has 3 aliphatic heterocycles. The Morgan fingerprint density at radius 1 is 0.964 bits per heavy atom. The molecule has 1 spiro atoms. The van der Waals surface area contributed by atoms with Crippen molar-refractivity contribution in [1.82, 2.24) is 4.90 Å². The molecule has 0 aromatic heterocycles. The Morgan fingerprint density at radius 2 is 1.75 bits per heavy atom. The summed E-state index contributed by atoms with van der Waals surface area (Å²) in [5, 5.41) is 0. The lowest BCUT2D eigenvalue weighted by molar-refractivity contribution is -0.0567. The number of nitrogens with zero attached hydrogens (tertiary/aromatic N) is 1. The van der Waals surface area contributed by atoms with Crippen molar-refractivity contribution in [2.24, 2.45) is 0 Å². The van der Waals surface area contributed by atoms with Gasteiger partial charge in [-0.1, -0.05) is 6.07 Å². The van der Waals surface area contributed by atoms with Gasteiger partial charge in [0.15, 0.2) is 0 Å². The number of ether oxygens (including phenoxy) is 2. The Kier molecular flexibility index (Phi) is 5.05. The van der Waals surface area contributed by atoms with Crippen LogP contribution in [0.3, 0.4) is 0 Å². The van der Waals surface area contributed by atoms with Crippen molar-refractivity contribution in [3.63, 3.8) is 0 Å². The number of hydrogen-bond acceptors (Lipinski definition) is 3. The molecular formula is C25H37NO2. The van der Waals surface area contributed by atoms with E-state index >= 15 is 0 Å². The van der Waals surface area contributed by atoms with E-state index < -0.39 is 0 Å². The third kappa shape index (κ3) is 3.24. The summed E-state index contributed by atoms with van der Waals surface area (Å²) < 4.78 is 12.0. The highest BCUT2D eigenvalue weighted by molar-refractivity contribution is 5.48. The zero-order valence-corrected chi connectivity index (χ0v) is 18.1. The average molecular weight is 384 g/mol. The molecule has 2 atom stereocenters. The van der Waals surface area contributed by atoms with Crippen molar-refractivity contribution in [1.29, 1.82) is 0 Å². The minimum Gasteiger partial charge on any atom is -0.381 e. The van der Waals surface area contributed by atoms with E-state index in [0.717, 1.165) is 19.8 Å². The molecule has 3 heterocycles. The van der Waals surface area contributed by atoms with Crippen LogP contribution in [-0.2, 0) is 9.47 Å². The van der Waals surface area contributed by atoms with E-state index in [2.05, 4.69) is 31.7 Å². The van der Waals surface area contributed by atoms with Crippen molar-refractivity contribution in [3.8, 4) is 0 Å². The van der Waals surface area contributed by atoms with Gasteiger partial charge in [-0.2, -0.15) is 0 Å². The van der Waals surface area contributed by atoms with E-state index in [0.29, 0.717) is 17.9 Å². The summed E-state index contributed by atoms with van der Waals surface area (Å²) in [7, 11) is 0. The zero-order chi connectivity index (χ0) is 19.3. The fourth-order valence-corrected chi connectivity index (χ4v) is 6.33. The van der Waals surface area contributed by atoms with Crippen LogP contribution in [0, 0.1) is 20.8 Å². The summed E-state index contributed by atoms with van der Waals surface area (Å²) in [5.74, 6) is 1.32. The molecule has 3 heteroatoms. The lowest BCUT2D eigenvalue weighted by Gasteiger charge is -2.39. The number of aryl methyl sites for hydroxylation is 1. The first-order chi connectivity index (χ1) is 13.6. The van der Waals surface area contributed by atoms with Gasteiger partial charge in [-0.3, -0.25) is 4.90 Å². The van der Waals surface area contributed by atoms with Crippen molar-refractivity contribution in [2.45, 2.75) is 89.2 Å². The van der Waals surface area contributed by atoms with Crippen LogP contribution in [0.1, 0.15) is 84.6 Å². The van der Waals surface area contributed by atoms with Gasteiger partial charge in [-0.05, 0) is 113 Å². The molecular weight excluding hydrogens is 346 g/mol. The lowest BCUT2D eigenvalue weighted by Crippen LogP contribution is -2.43. The summed E-state index contributed by atoms with van der Waals surface area (Å²) in [6.45, 7) is 12.2. The van der Waals surface area contributed by atoms with Gasteiger partial charge in [-0.15, -0.1) is 0 Å². The highest BCUT2D eigenvalue weighted by Gasteiger charge is 2.46. The fourth-order valence-electron chi connectivity index (χ4n) is 6.33. The smallest absolute Gasteiger partial charge is 0.0699 e. The fraction of sp³-hybridized carbons (Fsp3) is 0.760. The van der Waals surface area contributed by atoms with Gasteiger partial charge in [0, 0.05) is 18.6 Å². The molecule has 4 aliphatic rings. The lowest BCUT2D eigenvalue weighted by atomic mass is 9.76. The predicted octanol–water partition coefficient (Wildman–Crippen LogP) is 5.01. The van der Waals surface area contributed by atoms with E-state index in [1.165, 1.54) is 74.7 Å². The van der Waals surface area contributed by atoms with Gasteiger partial charge >= 0.3 is 0 Å². The van der Waals surface area contributed by atoms with E-state index in [1.807, 2.05) is 0 Å². The van der Waals surface area contributed by atoms with E-state index in [-0.39, 0.29) is 5.60 Å². The first-order valence-corrected chi connectivity index (χ1v) is 11.6. The second kappa shape index (κ2) is 7.41. The SMILES string of the molecule is Cc1cc(C2CCN([C@@H]3COC4(CCC4)C3)CC2)c(C2CCOC2)c(C)c1C. The van der Waals surface area contributed by atoms with Crippen LogP contribution < -0.4 is 0 Å². The molecule has 154 valence electrons. The molecule has 1 aromatic carbocycles. The monoisotopic (exact) mass is 383 g/mol. The van der Waals surface area contributed by atoms with Gasteiger partial charge in [-0.25, -0.2) is 0 Å². The Morgan fingerprint density at radius 3 is 2.36 bits per heavy atom. The summed E-state index contributed by atoms with van der Waals surface area (Å²) in [4.78, 5) is 2.75. The molecule has 0 amide bonds. The number of likely N-dealkylation sites (tertiary alicyclic amines) is 1. The summed E-state index contributed by atoms with van der Waals surface area (Å²) in [6.07, 6.45) is 9.04. The number of hydrogen-bond donors (Lipinski definition) is 0. The van der Waals surface area contributed by atoms with Crippen LogP contribution in [0.15, 0.2) is 6.07 Å². The Labute approximate surface area is 170 Å². The molecule has 1 saturated carbocycles. The van der Waals surface area contributed by atoms with Gasteiger partial charge in [0.05, 0.1) is 18.8 Å². The summed E-state index contributed by atoms with van der Waals surface area (Å²) >= 11 is 0. The highest BCUT2D eigenvalue weighted by Crippen LogP contribution is 2.46. The van der Waals surface area contributed by atoms with Crippen molar-refractivity contribution in [3.05, 3.63) is 33.9 Å². The molecule has 1 aromatic rings. The van der Waals surface area contributed by atoms with Crippen LogP contribution in [0.25, 0.3) is 0 Å². The maximum Gasteiger partial charge on any atom is 0.0699 e. The molecule has 3 nitrogen and oxygen atoms in total. The first kappa shape index (κ1) is 19.1. The Balaban J connectivity index is 1.32. The highest BCUT2D eigenvalue weighted by atomic mass is 16.5. The topological polar surface area (TPSA) is 21.7 Å². The normalized spacial score (nSPS) is 30.8. The van der Waals surface area contributed by atoms with E-state index in [4.69, 9.17) is 9.47 Å². The number of piperidine rings is 1. The summed E-state index contributed by atoms with van der Waals surface area (Å²) in [6, 6.07) is 3.20. The van der Waals surface area contributed by atoms with Crippen molar-refractivity contribution in [2.75, 3.05) is 32.9 Å². The molecule has 4 fully saturated rings.